The minimum atomic E-state index is -1.47. The van der Waals surface area contributed by atoms with Gasteiger partial charge in [0.25, 0.3) is 0 Å². The molecule has 0 spiro atoms. The van der Waals surface area contributed by atoms with Crippen LogP contribution >= 0.6 is 0 Å². The Morgan fingerprint density at radius 3 is 1.11 bits per heavy atom. The van der Waals surface area contributed by atoms with E-state index in [0.717, 1.165) is 33.4 Å². The molecule has 0 aromatic heterocycles. The maximum atomic E-state index is 14.5. The number of rotatable bonds is 24. The lowest BCUT2D eigenvalue weighted by Gasteiger charge is -2.49. The van der Waals surface area contributed by atoms with E-state index in [1.165, 1.54) is 0 Å². The fraction of sp³-hybridized carbons (Fsp3) is 0.295. The second-order valence-corrected chi connectivity index (χ2v) is 18.0. The summed E-state index contributed by atoms with van der Waals surface area (Å²) in [4.78, 5) is 14.5. The Bertz CT molecular complexity index is 2630. The Labute approximate surface area is 427 Å². The number of hydrogen-bond acceptors (Lipinski definition) is 12. The smallest absolute Gasteiger partial charge is 0.338 e. The molecule has 12 nitrogen and oxygen atoms in total. The van der Waals surface area contributed by atoms with Crippen molar-refractivity contribution < 1.29 is 57.3 Å². The van der Waals surface area contributed by atoms with Gasteiger partial charge < -0.3 is 52.5 Å². The van der Waals surface area contributed by atoms with E-state index in [-0.39, 0.29) is 52.9 Å². The van der Waals surface area contributed by atoms with Crippen LogP contribution in [0, 0.1) is 0 Å². The highest BCUT2D eigenvalue weighted by Crippen LogP contribution is 2.36. The average molecular weight is 987 g/mol. The number of carbonyl (C=O) groups is 1. The number of hydrogen-bond donors (Lipinski definition) is 1. The van der Waals surface area contributed by atoms with Crippen molar-refractivity contribution in [2.75, 3.05) is 13.2 Å². The molecular weight excluding hydrogens is 925 g/mol. The number of benzene rings is 7. The van der Waals surface area contributed by atoms with Crippen molar-refractivity contribution in [2.24, 2.45) is 0 Å². The molecule has 0 unspecified atom stereocenters. The van der Waals surface area contributed by atoms with Crippen molar-refractivity contribution >= 4 is 5.97 Å². The van der Waals surface area contributed by atoms with Gasteiger partial charge in [-0.3, -0.25) is 0 Å². The molecular formula is C61H62O12. The summed E-state index contributed by atoms with van der Waals surface area (Å²) in [6, 6.07) is 67.3. The maximum absolute atomic E-state index is 14.5. The van der Waals surface area contributed by atoms with Gasteiger partial charge in [0.1, 0.15) is 42.7 Å². The molecule has 2 aliphatic rings. The largest absolute Gasteiger partial charge is 0.450 e. The Kier molecular flexibility index (Phi) is 19.1. The van der Waals surface area contributed by atoms with E-state index in [1.807, 2.05) is 188 Å². The highest BCUT2D eigenvalue weighted by atomic mass is 16.8. The quantitative estimate of drug-likeness (QED) is 0.0579. The van der Waals surface area contributed by atoms with E-state index in [0.29, 0.717) is 5.56 Å². The molecule has 2 saturated heterocycles. The number of aliphatic hydroxyl groups is 1. The van der Waals surface area contributed by atoms with Crippen molar-refractivity contribution in [2.45, 2.75) is 101 Å². The summed E-state index contributed by atoms with van der Waals surface area (Å²) in [6.45, 7) is 1.12. The second-order valence-electron chi connectivity index (χ2n) is 18.0. The number of ether oxygens (including phenoxy) is 10. The van der Waals surface area contributed by atoms with Gasteiger partial charge in [-0.1, -0.05) is 200 Å². The summed E-state index contributed by atoms with van der Waals surface area (Å²) < 4.78 is 67.6. The standard InChI is InChI=1S/C61H62O12/c62-59(50-34-20-7-21-35-50)72-58-55(67-39-47-28-14-4-15-29-47)53(66-38-46-26-12-3-13-27-46)51(42-64-36-44-22-8-1-9-23-44)71-61(58)73-54-52(43-65-37-45-24-10-2-11-25-45)70-60(63)57(69-41-49-32-18-6-19-33-49)56(54)68-40-48-30-16-5-17-31-48/h1-35,51-58,60-61,63H,36-43H2/t51-,52-,53+,54-,55+,56+,57-,58-,60+,61+/m1/s1. The van der Waals surface area contributed by atoms with Gasteiger partial charge in [0, 0.05) is 0 Å². The second kappa shape index (κ2) is 27.1. The van der Waals surface area contributed by atoms with Crippen LogP contribution in [-0.4, -0.2) is 85.7 Å². The molecule has 7 aromatic carbocycles. The van der Waals surface area contributed by atoms with Crippen molar-refractivity contribution in [3.8, 4) is 0 Å². The molecule has 378 valence electrons. The van der Waals surface area contributed by atoms with E-state index in [4.69, 9.17) is 47.4 Å². The van der Waals surface area contributed by atoms with Crippen molar-refractivity contribution in [3.63, 3.8) is 0 Å². The zero-order valence-electron chi connectivity index (χ0n) is 40.6. The van der Waals surface area contributed by atoms with Gasteiger partial charge in [-0.2, -0.15) is 0 Å². The molecule has 0 radical (unpaired) electrons. The molecule has 0 amide bonds. The fourth-order valence-electron chi connectivity index (χ4n) is 8.92. The van der Waals surface area contributed by atoms with Gasteiger partial charge in [0.15, 0.2) is 18.7 Å². The summed E-state index contributed by atoms with van der Waals surface area (Å²) in [7, 11) is 0. The van der Waals surface area contributed by atoms with Gasteiger partial charge in [0.05, 0.1) is 58.4 Å². The molecule has 1 N–H and O–H groups in total. The van der Waals surface area contributed by atoms with Crippen LogP contribution in [0.5, 0.6) is 0 Å². The lowest BCUT2D eigenvalue weighted by atomic mass is 9.95. The van der Waals surface area contributed by atoms with E-state index >= 15 is 0 Å². The van der Waals surface area contributed by atoms with Crippen LogP contribution in [0.15, 0.2) is 212 Å². The van der Waals surface area contributed by atoms with Crippen LogP contribution in [0.25, 0.3) is 0 Å². The minimum Gasteiger partial charge on any atom is -0.450 e. The summed E-state index contributed by atoms with van der Waals surface area (Å²) in [5.41, 5.74) is 5.79. The first-order valence-corrected chi connectivity index (χ1v) is 24.8. The van der Waals surface area contributed by atoms with Crippen molar-refractivity contribution in [1.82, 2.24) is 0 Å². The first kappa shape index (κ1) is 51.5. The molecule has 2 heterocycles. The summed E-state index contributed by atoms with van der Waals surface area (Å²) in [5, 5.41) is 12.0. The number of carbonyl (C=O) groups excluding carboxylic acids is 1. The molecule has 2 fully saturated rings. The van der Waals surface area contributed by atoms with Crippen LogP contribution in [0.4, 0.5) is 0 Å². The van der Waals surface area contributed by atoms with Crippen LogP contribution in [0.1, 0.15) is 43.7 Å². The maximum Gasteiger partial charge on any atom is 0.338 e. The Balaban J connectivity index is 1.11. The zero-order valence-corrected chi connectivity index (χ0v) is 40.6. The molecule has 7 aromatic rings. The molecule has 0 aliphatic carbocycles. The van der Waals surface area contributed by atoms with Crippen molar-refractivity contribution in [3.05, 3.63) is 251 Å². The third kappa shape index (κ3) is 14.9. The Hall–Kier alpha value is -6.39. The van der Waals surface area contributed by atoms with Gasteiger partial charge in [-0.25, -0.2) is 4.79 Å². The van der Waals surface area contributed by atoms with Gasteiger partial charge in [0.2, 0.25) is 0 Å². The number of esters is 1. The number of aliphatic hydroxyl groups excluding tert-OH is 1. The Morgan fingerprint density at radius 1 is 0.370 bits per heavy atom. The first-order chi connectivity index (χ1) is 36.0. The SMILES string of the molecule is O=C(O[C@H]1[C@H](O[C@H]2[C@H](OCc3ccccc3)[C@@H](OCc3ccccc3)[C@@H](O)O[C@@H]2COCc2ccccc2)O[C@H](COCc2ccccc2)[C@H](OCc2ccccc2)[C@@H]1OCc1ccccc1)c1ccccc1. The molecule has 9 rings (SSSR count). The highest BCUT2D eigenvalue weighted by Gasteiger charge is 2.55. The van der Waals surface area contributed by atoms with Crippen LogP contribution in [0.2, 0.25) is 0 Å². The third-order valence-electron chi connectivity index (χ3n) is 12.7. The van der Waals surface area contributed by atoms with Crippen LogP contribution in [-0.2, 0) is 87.0 Å². The predicted octanol–water partition coefficient (Wildman–Crippen LogP) is 9.81. The Morgan fingerprint density at radius 2 is 0.699 bits per heavy atom. The topological polar surface area (TPSA) is 130 Å². The zero-order chi connectivity index (χ0) is 49.9. The van der Waals surface area contributed by atoms with E-state index in [2.05, 4.69) is 0 Å². The average Bonchev–Trinajstić information content (AvgIpc) is 3.44. The van der Waals surface area contributed by atoms with E-state index < -0.39 is 67.4 Å². The summed E-state index contributed by atoms with van der Waals surface area (Å²) in [5.74, 6) is -0.629. The minimum absolute atomic E-state index is 0.0330. The van der Waals surface area contributed by atoms with Crippen molar-refractivity contribution in [1.29, 1.82) is 0 Å². The van der Waals surface area contributed by atoms with Crippen LogP contribution < -0.4 is 0 Å². The van der Waals surface area contributed by atoms with Crippen LogP contribution in [0.3, 0.4) is 0 Å². The lowest BCUT2D eigenvalue weighted by molar-refractivity contribution is -0.369. The molecule has 2 aliphatic heterocycles. The molecule has 73 heavy (non-hydrogen) atoms. The predicted molar refractivity (Wildman–Crippen MR) is 272 cm³/mol. The van der Waals surface area contributed by atoms with Gasteiger partial charge >= 0.3 is 5.97 Å². The van der Waals surface area contributed by atoms with E-state index in [9.17, 15) is 9.90 Å². The third-order valence-corrected chi connectivity index (χ3v) is 12.7. The van der Waals surface area contributed by atoms with Gasteiger partial charge in [-0.15, -0.1) is 0 Å². The fourth-order valence-corrected chi connectivity index (χ4v) is 8.92. The molecule has 12 heteroatoms. The van der Waals surface area contributed by atoms with Gasteiger partial charge in [-0.05, 0) is 45.5 Å². The lowest BCUT2D eigenvalue weighted by Crippen LogP contribution is -2.66. The highest BCUT2D eigenvalue weighted by molar-refractivity contribution is 5.89. The molecule has 0 saturated carbocycles. The van der Waals surface area contributed by atoms with E-state index in [1.54, 1.807) is 24.3 Å². The molecule has 0 bridgehead atoms. The summed E-state index contributed by atoms with van der Waals surface area (Å²) >= 11 is 0. The first-order valence-electron chi connectivity index (χ1n) is 24.8. The normalized spacial score (nSPS) is 23.9. The summed E-state index contributed by atoms with van der Waals surface area (Å²) in [6.07, 6.45) is -10.9. The molecule has 10 atom stereocenters. The monoisotopic (exact) mass is 986 g/mol.